The van der Waals surface area contributed by atoms with Crippen molar-refractivity contribution in [3.05, 3.63) is 118 Å². The van der Waals surface area contributed by atoms with Gasteiger partial charge in [0.2, 0.25) is 0 Å². The molecule has 3 aliphatic rings. The molecule has 0 amide bonds. The van der Waals surface area contributed by atoms with E-state index in [0.29, 0.717) is 22.7 Å². The van der Waals surface area contributed by atoms with E-state index in [2.05, 4.69) is 12.1 Å². The molecule has 8 nitrogen and oxygen atoms in total. The Morgan fingerprint density at radius 3 is 1.05 bits per heavy atom. The Balaban J connectivity index is 1.39. The van der Waals surface area contributed by atoms with Crippen molar-refractivity contribution >= 4 is 33.8 Å². The van der Waals surface area contributed by atoms with Gasteiger partial charge in [-0.2, -0.15) is 0 Å². The summed E-state index contributed by atoms with van der Waals surface area (Å²) in [5.41, 5.74) is 39.5. The summed E-state index contributed by atoms with van der Waals surface area (Å²) in [4.78, 5) is 10.5. The number of hydrogen-bond donors (Lipinski definition) is 4. The van der Waals surface area contributed by atoms with Crippen LogP contribution in [-0.4, -0.2) is 24.2 Å². The number of ether oxygens (including phenoxy) is 2. The SMILES string of the molecule is COc1ccc(-c2nc3cc4c(cc3nc2-c2ccc(OC)cc2)C2c3cc(N)c(N)cc3C4c3cc(N)c(N)cc32)cc1. The molecule has 6 aromatic rings. The van der Waals surface area contributed by atoms with Crippen LogP contribution in [0.4, 0.5) is 22.7 Å². The maximum absolute atomic E-state index is 6.35. The van der Waals surface area contributed by atoms with Crippen molar-refractivity contribution in [3.8, 4) is 34.0 Å². The van der Waals surface area contributed by atoms with Gasteiger partial charge in [-0.3, -0.25) is 0 Å². The van der Waals surface area contributed by atoms with Gasteiger partial charge in [0, 0.05) is 23.0 Å². The first-order chi connectivity index (χ1) is 21.3. The average Bonchev–Trinajstić information content (AvgIpc) is 3.04. The predicted molar refractivity (Wildman–Crippen MR) is 176 cm³/mol. The number of methoxy groups -OCH3 is 2. The summed E-state index contributed by atoms with van der Waals surface area (Å²) in [7, 11) is 3.31. The molecular weight excluding hydrogens is 548 g/mol. The summed E-state index contributed by atoms with van der Waals surface area (Å²) in [6, 6.07) is 28.1. The Bertz CT molecular complexity index is 1930. The van der Waals surface area contributed by atoms with Crippen molar-refractivity contribution < 1.29 is 9.47 Å². The van der Waals surface area contributed by atoms with Crippen molar-refractivity contribution in [2.24, 2.45) is 0 Å². The Hall–Kier alpha value is -5.76. The Labute approximate surface area is 254 Å². The highest BCUT2D eigenvalue weighted by molar-refractivity contribution is 5.89. The zero-order valence-corrected chi connectivity index (χ0v) is 24.3. The highest BCUT2D eigenvalue weighted by atomic mass is 16.5. The van der Waals surface area contributed by atoms with E-state index >= 15 is 0 Å². The maximum atomic E-state index is 6.35. The number of nitrogen functional groups attached to an aromatic ring is 4. The summed E-state index contributed by atoms with van der Waals surface area (Å²) in [5.74, 6) is 1.36. The Morgan fingerprint density at radius 1 is 0.455 bits per heavy atom. The van der Waals surface area contributed by atoms with Crippen LogP contribution in [-0.2, 0) is 0 Å². The number of aromatic nitrogens is 2. The van der Waals surface area contributed by atoms with Gasteiger partial charge in [0.25, 0.3) is 0 Å². The normalized spacial score (nSPS) is 15.9. The van der Waals surface area contributed by atoms with Gasteiger partial charge < -0.3 is 32.4 Å². The number of rotatable bonds is 4. The second-order valence-corrected chi connectivity index (χ2v) is 11.4. The van der Waals surface area contributed by atoms with E-state index in [9.17, 15) is 0 Å². The molecule has 0 aliphatic heterocycles. The van der Waals surface area contributed by atoms with Crippen LogP contribution in [0.1, 0.15) is 45.2 Å². The molecule has 0 radical (unpaired) electrons. The van der Waals surface area contributed by atoms with Gasteiger partial charge >= 0.3 is 0 Å². The number of nitrogens with two attached hydrogens (primary N) is 4. The van der Waals surface area contributed by atoms with Crippen LogP contribution < -0.4 is 32.4 Å². The highest BCUT2D eigenvalue weighted by Crippen LogP contribution is 2.58. The molecule has 3 aliphatic carbocycles. The van der Waals surface area contributed by atoms with Crippen LogP contribution in [0.15, 0.2) is 84.9 Å². The van der Waals surface area contributed by atoms with Crippen LogP contribution in [0.5, 0.6) is 11.5 Å². The second kappa shape index (κ2) is 9.37. The molecule has 2 bridgehead atoms. The minimum Gasteiger partial charge on any atom is -0.497 e. The number of anilines is 4. The van der Waals surface area contributed by atoms with Gasteiger partial charge in [-0.05, 0) is 118 Å². The van der Waals surface area contributed by atoms with E-state index < -0.39 is 0 Å². The van der Waals surface area contributed by atoms with Gasteiger partial charge in [0.15, 0.2) is 0 Å². The number of benzene rings is 5. The lowest BCUT2D eigenvalue weighted by Gasteiger charge is -2.43. The first-order valence-electron chi connectivity index (χ1n) is 14.4. The van der Waals surface area contributed by atoms with E-state index in [0.717, 1.165) is 78.4 Å². The summed E-state index contributed by atoms with van der Waals surface area (Å²) in [6.07, 6.45) is 0. The molecule has 0 saturated carbocycles. The topological polar surface area (TPSA) is 148 Å². The minimum absolute atomic E-state index is 0.0947. The molecule has 216 valence electrons. The smallest absolute Gasteiger partial charge is 0.118 e. The summed E-state index contributed by atoms with van der Waals surface area (Å²) >= 11 is 0. The fraction of sp³-hybridized carbons (Fsp3) is 0.111. The second-order valence-electron chi connectivity index (χ2n) is 11.4. The van der Waals surface area contributed by atoms with Crippen molar-refractivity contribution in [2.75, 3.05) is 37.2 Å². The molecule has 5 aromatic carbocycles. The number of nitrogens with zero attached hydrogens (tertiary/aromatic N) is 2. The molecule has 0 saturated heterocycles. The summed E-state index contributed by atoms with van der Waals surface area (Å²) in [6.45, 7) is 0. The maximum Gasteiger partial charge on any atom is 0.118 e. The van der Waals surface area contributed by atoms with Gasteiger partial charge in [0.05, 0.1) is 59.4 Å². The van der Waals surface area contributed by atoms with Crippen LogP contribution in [0.3, 0.4) is 0 Å². The predicted octanol–water partition coefficient (Wildman–Crippen LogP) is 6.30. The molecule has 9 rings (SSSR count). The molecule has 0 unspecified atom stereocenters. The standard InChI is InChI=1S/C36H30N6O2/c1-43-19-7-3-17(4-8-19)35-36(18-5-9-20(44-2)10-6-18)42-32-16-26-25(15-31(32)41-35)33-21-11-27(37)29(39)13-23(21)34(26)24-14-30(40)28(38)12-22(24)33/h3-16,33-34H,37-40H2,1-2H3. The zero-order chi connectivity index (χ0) is 30.3. The van der Waals surface area contributed by atoms with Crippen LogP contribution >= 0.6 is 0 Å². The van der Waals surface area contributed by atoms with Crippen molar-refractivity contribution in [3.63, 3.8) is 0 Å². The Kier molecular flexibility index (Phi) is 5.52. The molecule has 1 aromatic heterocycles. The third kappa shape index (κ3) is 3.70. The van der Waals surface area contributed by atoms with E-state index in [1.165, 1.54) is 0 Å². The number of fused-ring (bicyclic) bond motifs is 1. The summed E-state index contributed by atoms with van der Waals surface area (Å²) in [5, 5.41) is 0. The number of hydrogen-bond acceptors (Lipinski definition) is 8. The first-order valence-corrected chi connectivity index (χ1v) is 14.4. The third-order valence-corrected chi connectivity index (χ3v) is 9.04. The fourth-order valence-electron chi connectivity index (χ4n) is 6.88. The third-order valence-electron chi connectivity index (χ3n) is 9.04. The van der Waals surface area contributed by atoms with E-state index in [4.69, 9.17) is 42.4 Å². The van der Waals surface area contributed by atoms with Gasteiger partial charge in [-0.25, -0.2) is 9.97 Å². The average molecular weight is 579 g/mol. The molecule has 8 heteroatoms. The monoisotopic (exact) mass is 578 g/mol. The molecule has 0 atom stereocenters. The van der Waals surface area contributed by atoms with E-state index in [1.54, 1.807) is 14.2 Å². The van der Waals surface area contributed by atoms with Crippen LogP contribution in [0, 0.1) is 0 Å². The van der Waals surface area contributed by atoms with Crippen LogP contribution in [0.2, 0.25) is 0 Å². The van der Waals surface area contributed by atoms with Crippen molar-refractivity contribution in [2.45, 2.75) is 11.8 Å². The molecule has 0 fully saturated rings. The molecule has 1 heterocycles. The quantitative estimate of drug-likeness (QED) is 0.178. The first kappa shape index (κ1) is 25.9. The lowest BCUT2D eigenvalue weighted by atomic mass is 9.60. The van der Waals surface area contributed by atoms with Gasteiger partial charge in [-0.15, -0.1) is 0 Å². The molecular formula is C36H30N6O2. The molecule has 44 heavy (non-hydrogen) atoms. The van der Waals surface area contributed by atoms with Crippen molar-refractivity contribution in [1.82, 2.24) is 9.97 Å². The van der Waals surface area contributed by atoms with Crippen LogP contribution in [0.25, 0.3) is 33.5 Å². The lowest BCUT2D eigenvalue weighted by Crippen LogP contribution is -2.28. The van der Waals surface area contributed by atoms with Crippen molar-refractivity contribution in [1.29, 1.82) is 0 Å². The largest absolute Gasteiger partial charge is 0.497 e. The molecule has 0 spiro atoms. The van der Waals surface area contributed by atoms with E-state index in [-0.39, 0.29) is 11.8 Å². The fourth-order valence-corrected chi connectivity index (χ4v) is 6.88. The minimum atomic E-state index is -0.0947. The summed E-state index contributed by atoms with van der Waals surface area (Å²) < 4.78 is 10.8. The van der Waals surface area contributed by atoms with Gasteiger partial charge in [-0.1, -0.05) is 0 Å². The van der Waals surface area contributed by atoms with Gasteiger partial charge in [0.1, 0.15) is 11.5 Å². The lowest BCUT2D eigenvalue weighted by molar-refractivity contribution is 0.414. The zero-order valence-electron chi connectivity index (χ0n) is 24.3. The Morgan fingerprint density at radius 2 is 0.750 bits per heavy atom. The molecule has 8 N–H and O–H groups in total. The highest BCUT2D eigenvalue weighted by Gasteiger charge is 2.42. The van der Waals surface area contributed by atoms with E-state index in [1.807, 2.05) is 72.8 Å².